The largest absolute Gasteiger partial charge is 0.356 e. The van der Waals surface area contributed by atoms with E-state index in [1.54, 1.807) is 12.3 Å². The van der Waals surface area contributed by atoms with E-state index < -0.39 is 0 Å². The second-order valence-electron chi connectivity index (χ2n) is 6.20. The molecule has 1 saturated heterocycles. The van der Waals surface area contributed by atoms with E-state index in [0.717, 1.165) is 48.4 Å². The minimum absolute atomic E-state index is 0.148. The van der Waals surface area contributed by atoms with Gasteiger partial charge in [-0.05, 0) is 49.1 Å². The van der Waals surface area contributed by atoms with Crippen molar-refractivity contribution in [1.82, 2.24) is 9.97 Å². The molecule has 3 heterocycles. The summed E-state index contributed by atoms with van der Waals surface area (Å²) in [6, 6.07) is 9.88. The summed E-state index contributed by atoms with van der Waals surface area (Å²) in [5.41, 5.74) is 2.80. The molecule has 1 amide bonds. The first-order chi connectivity index (χ1) is 12.2. The Balaban J connectivity index is 1.60. The number of aryl methyl sites for hydroxylation is 1. The fourth-order valence-electron chi connectivity index (χ4n) is 3.16. The molecule has 25 heavy (non-hydrogen) atoms. The number of anilines is 2. The van der Waals surface area contributed by atoms with Gasteiger partial charge in [-0.3, -0.25) is 10.1 Å². The lowest BCUT2D eigenvalue weighted by atomic mass is 10.2. The van der Waals surface area contributed by atoms with Gasteiger partial charge in [0.15, 0.2) is 5.13 Å². The summed E-state index contributed by atoms with van der Waals surface area (Å²) in [6.07, 6.45) is 5.03. The maximum absolute atomic E-state index is 12.8. The molecule has 0 spiro atoms. The number of hydrogen-bond donors (Lipinski definition) is 1. The fraction of sp³-hybridized carbons (Fsp3) is 0.316. The van der Waals surface area contributed by atoms with Crippen molar-refractivity contribution in [1.29, 1.82) is 0 Å². The number of aromatic nitrogens is 2. The van der Waals surface area contributed by atoms with Gasteiger partial charge in [-0.25, -0.2) is 9.97 Å². The molecule has 2 aromatic heterocycles. The highest BCUT2D eigenvalue weighted by atomic mass is 32.1. The van der Waals surface area contributed by atoms with Crippen LogP contribution in [0.3, 0.4) is 0 Å². The van der Waals surface area contributed by atoms with Crippen LogP contribution in [0.25, 0.3) is 10.2 Å². The number of rotatable bonds is 4. The van der Waals surface area contributed by atoms with Gasteiger partial charge in [0.1, 0.15) is 5.82 Å². The predicted octanol–water partition coefficient (Wildman–Crippen LogP) is 4.11. The van der Waals surface area contributed by atoms with Crippen LogP contribution < -0.4 is 10.2 Å². The molecule has 5 nitrogen and oxygen atoms in total. The van der Waals surface area contributed by atoms with Crippen LogP contribution in [-0.2, 0) is 6.42 Å². The normalized spacial score (nSPS) is 14.2. The summed E-state index contributed by atoms with van der Waals surface area (Å²) in [5, 5.41) is 3.58. The quantitative estimate of drug-likeness (QED) is 0.768. The molecule has 0 aliphatic carbocycles. The van der Waals surface area contributed by atoms with Crippen molar-refractivity contribution in [3.05, 3.63) is 47.7 Å². The summed E-state index contributed by atoms with van der Waals surface area (Å²) in [7, 11) is 0. The molecule has 4 rings (SSSR count). The van der Waals surface area contributed by atoms with Crippen molar-refractivity contribution in [3.8, 4) is 0 Å². The monoisotopic (exact) mass is 352 g/mol. The number of nitrogens with zero attached hydrogens (tertiary/aromatic N) is 3. The van der Waals surface area contributed by atoms with Crippen LogP contribution in [0.5, 0.6) is 0 Å². The average molecular weight is 352 g/mol. The SMILES string of the molecule is CCc1ccc2nc(NC(=O)c3cccnc3N3CCCC3)sc2c1. The minimum Gasteiger partial charge on any atom is -0.356 e. The van der Waals surface area contributed by atoms with E-state index in [4.69, 9.17) is 0 Å². The number of nitrogens with one attached hydrogen (secondary N) is 1. The van der Waals surface area contributed by atoms with Gasteiger partial charge in [-0.2, -0.15) is 0 Å². The third-order valence-electron chi connectivity index (χ3n) is 4.52. The zero-order valence-electron chi connectivity index (χ0n) is 14.2. The number of pyridine rings is 1. The third-order valence-corrected chi connectivity index (χ3v) is 5.45. The number of thiazole rings is 1. The van der Waals surface area contributed by atoms with E-state index in [0.29, 0.717) is 10.7 Å². The summed E-state index contributed by atoms with van der Waals surface area (Å²) >= 11 is 1.51. The Bertz CT molecular complexity index is 915. The Kier molecular flexibility index (Phi) is 4.36. The molecule has 1 aliphatic heterocycles. The van der Waals surface area contributed by atoms with Gasteiger partial charge in [0, 0.05) is 19.3 Å². The molecule has 1 fully saturated rings. The summed E-state index contributed by atoms with van der Waals surface area (Å²) in [4.78, 5) is 23.9. The van der Waals surface area contributed by atoms with E-state index in [2.05, 4.69) is 39.2 Å². The maximum atomic E-state index is 12.8. The van der Waals surface area contributed by atoms with Crippen molar-refractivity contribution in [3.63, 3.8) is 0 Å². The molecule has 1 N–H and O–H groups in total. The van der Waals surface area contributed by atoms with Gasteiger partial charge in [0.25, 0.3) is 5.91 Å². The molecule has 0 unspecified atom stereocenters. The third kappa shape index (κ3) is 3.22. The van der Waals surface area contributed by atoms with Crippen LogP contribution in [0, 0.1) is 0 Å². The summed E-state index contributed by atoms with van der Waals surface area (Å²) in [5.74, 6) is 0.622. The van der Waals surface area contributed by atoms with Gasteiger partial charge in [-0.1, -0.05) is 24.3 Å². The number of hydrogen-bond acceptors (Lipinski definition) is 5. The molecule has 0 bridgehead atoms. The molecular formula is C19H20N4OS. The number of benzene rings is 1. The lowest BCUT2D eigenvalue weighted by molar-refractivity contribution is 0.102. The van der Waals surface area contributed by atoms with E-state index in [1.165, 1.54) is 16.9 Å². The van der Waals surface area contributed by atoms with Crippen LogP contribution in [0.2, 0.25) is 0 Å². The van der Waals surface area contributed by atoms with Gasteiger partial charge in [0.05, 0.1) is 15.8 Å². The highest BCUT2D eigenvalue weighted by molar-refractivity contribution is 7.22. The molecule has 0 saturated carbocycles. The molecule has 128 valence electrons. The predicted molar refractivity (Wildman–Crippen MR) is 103 cm³/mol. The Morgan fingerprint density at radius 1 is 1.28 bits per heavy atom. The van der Waals surface area contributed by atoms with Crippen molar-refractivity contribution in [2.75, 3.05) is 23.3 Å². The van der Waals surface area contributed by atoms with Crippen LogP contribution in [-0.4, -0.2) is 29.0 Å². The molecule has 0 atom stereocenters. The number of fused-ring (bicyclic) bond motifs is 1. The van der Waals surface area contributed by atoms with Crippen molar-refractivity contribution in [2.45, 2.75) is 26.2 Å². The highest BCUT2D eigenvalue weighted by Crippen LogP contribution is 2.28. The lowest BCUT2D eigenvalue weighted by Gasteiger charge is -2.18. The average Bonchev–Trinajstić information content (AvgIpc) is 3.30. The first-order valence-corrected chi connectivity index (χ1v) is 9.47. The van der Waals surface area contributed by atoms with Crippen molar-refractivity contribution < 1.29 is 4.79 Å². The van der Waals surface area contributed by atoms with E-state index in [1.807, 2.05) is 12.1 Å². The first kappa shape index (κ1) is 16.0. The minimum atomic E-state index is -0.148. The fourth-order valence-corrected chi connectivity index (χ4v) is 4.09. The number of carbonyl (C=O) groups is 1. The van der Waals surface area contributed by atoms with Crippen LogP contribution in [0.15, 0.2) is 36.5 Å². The Morgan fingerprint density at radius 2 is 2.12 bits per heavy atom. The van der Waals surface area contributed by atoms with Gasteiger partial charge in [-0.15, -0.1) is 0 Å². The molecule has 1 aromatic carbocycles. The van der Waals surface area contributed by atoms with Crippen LogP contribution in [0.4, 0.5) is 10.9 Å². The summed E-state index contributed by atoms with van der Waals surface area (Å²) < 4.78 is 1.10. The second kappa shape index (κ2) is 6.80. The van der Waals surface area contributed by atoms with E-state index >= 15 is 0 Å². The molecule has 1 aliphatic rings. The topological polar surface area (TPSA) is 58.1 Å². The van der Waals surface area contributed by atoms with Gasteiger partial charge >= 0.3 is 0 Å². The van der Waals surface area contributed by atoms with Gasteiger partial charge in [0.2, 0.25) is 0 Å². The van der Waals surface area contributed by atoms with Crippen LogP contribution in [0.1, 0.15) is 35.7 Å². The van der Waals surface area contributed by atoms with Crippen LogP contribution >= 0.6 is 11.3 Å². The Labute approximate surface area is 150 Å². The molecule has 3 aromatic rings. The van der Waals surface area contributed by atoms with Gasteiger partial charge < -0.3 is 4.90 Å². The number of carbonyl (C=O) groups excluding carboxylic acids is 1. The maximum Gasteiger partial charge on any atom is 0.261 e. The number of amides is 1. The zero-order chi connectivity index (χ0) is 17.2. The molecular weight excluding hydrogens is 332 g/mol. The Morgan fingerprint density at radius 3 is 2.92 bits per heavy atom. The Hall–Kier alpha value is -2.47. The molecule has 0 radical (unpaired) electrons. The molecule has 6 heteroatoms. The smallest absolute Gasteiger partial charge is 0.261 e. The highest BCUT2D eigenvalue weighted by Gasteiger charge is 2.21. The lowest BCUT2D eigenvalue weighted by Crippen LogP contribution is -2.24. The zero-order valence-corrected chi connectivity index (χ0v) is 15.0. The van der Waals surface area contributed by atoms with Crippen molar-refractivity contribution >= 4 is 38.4 Å². The van der Waals surface area contributed by atoms with Crippen molar-refractivity contribution in [2.24, 2.45) is 0 Å². The standard InChI is InChI=1S/C19H20N4OS/c1-2-13-7-8-15-16(12-13)25-19(21-15)22-18(24)14-6-5-9-20-17(14)23-10-3-4-11-23/h5-9,12H,2-4,10-11H2,1H3,(H,21,22,24). The van der Waals surface area contributed by atoms with E-state index in [-0.39, 0.29) is 5.91 Å². The summed E-state index contributed by atoms with van der Waals surface area (Å²) in [6.45, 7) is 4.05. The van der Waals surface area contributed by atoms with E-state index in [9.17, 15) is 4.79 Å². The second-order valence-corrected chi connectivity index (χ2v) is 7.23. The first-order valence-electron chi connectivity index (χ1n) is 8.65.